The molecule has 10 heteroatoms. The van der Waals surface area contributed by atoms with Crippen molar-refractivity contribution in [3.63, 3.8) is 0 Å². The summed E-state index contributed by atoms with van der Waals surface area (Å²) in [4.78, 5) is 2.36. The largest absolute Gasteiger partial charge is 0.501 e. The van der Waals surface area contributed by atoms with Gasteiger partial charge in [0.1, 0.15) is 13.1 Å². The minimum Gasteiger partial charge on any atom is -0.377 e. The van der Waals surface area contributed by atoms with Crippen LogP contribution in [0.4, 0.5) is 0 Å². The van der Waals surface area contributed by atoms with Gasteiger partial charge in [-0.05, 0) is 33.6 Å². The predicted octanol–water partition coefficient (Wildman–Crippen LogP) is 2.05. The third-order valence-corrected chi connectivity index (χ3v) is 10.9. The van der Waals surface area contributed by atoms with Gasteiger partial charge in [0.05, 0.1) is 13.1 Å². The molecule has 0 aromatic rings. The lowest BCUT2D eigenvalue weighted by atomic mass is 10.4. The number of rotatable bonds is 17. The Labute approximate surface area is 173 Å². The van der Waals surface area contributed by atoms with Gasteiger partial charge in [-0.15, -0.1) is 0 Å². The molecule has 0 aromatic carbocycles. The maximum absolute atomic E-state index is 5.94. The molecule has 0 spiro atoms. The van der Waals surface area contributed by atoms with Crippen LogP contribution in [0.15, 0.2) is 0 Å². The van der Waals surface area contributed by atoms with Gasteiger partial charge in [-0.2, -0.15) is 0 Å². The van der Waals surface area contributed by atoms with E-state index in [1.54, 1.807) is 21.3 Å². The van der Waals surface area contributed by atoms with Gasteiger partial charge in [0.15, 0.2) is 0 Å². The molecule has 0 saturated carbocycles. The highest BCUT2D eigenvalue weighted by Crippen LogP contribution is 2.19. The lowest BCUT2D eigenvalue weighted by Gasteiger charge is -2.28. The molecule has 0 saturated heterocycles. The molecule has 1 aliphatic heterocycles. The van der Waals surface area contributed by atoms with Gasteiger partial charge in [-0.3, -0.25) is 9.48 Å². The average molecular weight is 438 g/mol. The van der Waals surface area contributed by atoms with E-state index in [1.807, 2.05) is 20.8 Å². The van der Waals surface area contributed by atoms with E-state index in [4.69, 9.17) is 26.6 Å². The lowest BCUT2D eigenvalue weighted by Crippen LogP contribution is -2.46. The van der Waals surface area contributed by atoms with Gasteiger partial charge in [0.2, 0.25) is 6.34 Å². The predicted molar refractivity (Wildman–Crippen MR) is 114 cm³/mol. The minimum atomic E-state index is -2.53. The molecule has 166 valence electrons. The molecule has 0 bridgehead atoms. The molecule has 1 rings (SSSR count). The molecule has 0 atom stereocenters. The van der Waals surface area contributed by atoms with E-state index < -0.39 is 17.6 Å². The fourth-order valence-electron chi connectivity index (χ4n) is 3.50. The zero-order chi connectivity index (χ0) is 20.9. The van der Waals surface area contributed by atoms with Crippen LogP contribution in [-0.4, -0.2) is 101 Å². The summed E-state index contributed by atoms with van der Waals surface area (Å²) in [6, 6.07) is 1.68. The first-order valence-electron chi connectivity index (χ1n) is 10.4. The lowest BCUT2D eigenvalue weighted by molar-refractivity contribution is -0.513. The summed E-state index contributed by atoms with van der Waals surface area (Å²) < 4.78 is 36.7. The molecule has 1 aliphatic rings. The van der Waals surface area contributed by atoms with Gasteiger partial charge >= 0.3 is 17.6 Å². The smallest absolute Gasteiger partial charge is 0.377 e. The highest BCUT2D eigenvalue weighted by molar-refractivity contribution is 6.61. The fourth-order valence-corrected chi connectivity index (χ4v) is 7.79. The Morgan fingerprint density at radius 2 is 1.36 bits per heavy atom. The molecule has 0 unspecified atom stereocenters. The summed E-state index contributed by atoms with van der Waals surface area (Å²) in [6.07, 6.45) is 4.23. The monoisotopic (exact) mass is 437 g/mol. The quantitative estimate of drug-likeness (QED) is 0.255. The van der Waals surface area contributed by atoms with E-state index in [-0.39, 0.29) is 0 Å². The van der Waals surface area contributed by atoms with Crippen molar-refractivity contribution in [2.24, 2.45) is 0 Å². The Morgan fingerprint density at radius 1 is 0.821 bits per heavy atom. The Balaban J connectivity index is 2.43. The maximum atomic E-state index is 5.94. The Bertz CT molecular complexity index is 427. The zero-order valence-electron chi connectivity index (χ0n) is 18.7. The Hall–Kier alpha value is -0.336. The molecule has 0 amide bonds. The summed E-state index contributed by atoms with van der Waals surface area (Å²) in [5.41, 5.74) is 0. The third-order valence-electron chi connectivity index (χ3n) is 4.88. The van der Waals surface area contributed by atoms with Crippen molar-refractivity contribution in [2.75, 3.05) is 67.3 Å². The summed E-state index contributed by atoms with van der Waals surface area (Å²) >= 11 is 0. The van der Waals surface area contributed by atoms with Crippen molar-refractivity contribution in [3.8, 4) is 0 Å². The first kappa shape index (κ1) is 25.7. The Morgan fingerprint density at radius 3 is 1.86 bits per heavy atom. The van der Waals surface area contributed by atoms with Crippen molar-refractivity contribution in [3.05, 3.63) is 0 Å². The topological polar surface area (TPSA) is 61.6 Å². The second kappa shape index (κ2) is 13.8. The molecule has 1 heterocycles. The molecular weight excluding hydrogens is 396 g/mol. The van der Waals surface area contributed by atoms with Crippen LogP contribution in [0.3, 0.4) is 0 Å². The highest BCUT2D eigenvalue weighted by Gasteiger charge is 2.40. The first-order valence-corrected chi connectivity index (χ1v) is 14.3. The van der Waals surface area contributed by atoms with E-state index in [0.717, 1.165) is 51.1 Å². The molecule has 0 radical (unpaired) electrons. The molecule has 0 aliphatic carbocycles. The molecule has 0 N–H and O–H groups in total. The van der Waals surface area contributed by atoms with Crippen LogP contribution in [0, 0.1) is 0 Å². The van der Waals surface area contributed by atoms with Crippen LogP contribution in [0.25, 0.3) is 0 Å². The Kier molecular flexibility index (Phi) is 12.7. The van der Waals surface area contributed by atoms with Crippen LogP contribution in [0.1, 0.15) is 33.6 Å². The number of hydrogen-bond acceptors (Lipinski definition) is 7. The average Bonchev–Trinajstić information content (AvgIpc) is 3.14. The SMILES string of the molecule is CCO[Si](CCC[N+]1=CN(CCC[Si](OC)(OC)OC)CC1)(OCC)OCC. The number of nitrogens with zero attached hydrogens (tertiary/aromatic N) is 2. The highest BCUT2D eigenvalue weighted by atomic mass is 28.4. The van der Waals surface area contributed by atoms with Gasteiger partial charge < -0.3 is 26.6 Å². The molecule has 8 nitrogen and oxygen atoms in total. The number of hydrogen-bond donors (Lipinski definition) is 0. The van der Waals surface area contributed by atoms with Crippen molar-refractivity contribution in [1.29, 1.82) is 0 Å². The van der Waals surface area contributed by atoms with E-state index >= 15 is 0 Å². The summed E-state index contributed by atoms with van der Waals surface area (Å²) in [5.74, 6) is 0. The van der Waals surface area contributed by atoms with Crippen LogP contribution in [0.5, 0.6) is 0 Å². The van der Waals surface area contributed by atoms with Gasteiger partial charge in [0, 0.05) is 53.2 Å². The zero-order valence-corrected chi connectivity index (χ0v) is 20.7. The summed E-state index contributed by atoms with van der Waals surface area (Å²) in [5, 5.41) is 0. The van der Waals surface area contributed by atoms with E-state index in [9.17, 15) is 0 Å². The summed E-state index contributed by atoms with van der Waals surface area (Å²) in [6.45, 7) is 12.0. The van der Waals surface area contributed by atoms with E-state index in [0.29, 0.717) is 19.8 Å². The second-order valence-corrected chi connectivity index (χ2v) is 12.5. The van der Waals surface area contributed by atoms with Crippen LogP contribution >= 0.6 is 0 Å². The van der Waals surface area contributed by atoms with Crippen LogP contribution in [-0.2, 0) is 26.6 Å². The second-order valence-electron chi connectivity index (χ2n) is 6.67. The first-order chi connectivity index (χ1) is 13.5. The van der Waals surface area contributed by atoms with Gasteiger partial charge in [-0.1, -0.05) is 0 Å². The van der Waals surface area contributed by atoms with Crippen molar-refractivity contribution >= 4 is 23.9 Å². The van der Waals surface area contributed by atoms with Crippen molar-refractivity contribution in [1.82, 2.24) is 4.90 Å². The summed E-state index contributed by atoms with van der Waals surface area (Å²) in [7, 11) is 0.00332. The minimum absolute atomic E-state index is 0.630. The molecule has 28 heavy (non-hydrogen) atoms. The van der Waals surface area contributed by atoms with E-state index in [2.05, 4.69) is 15.8 Å². The van der Waals surface area contributed by atoms with Crippen molar-refractivity contribution < 1.29 is 31.1 Å². The molecule has 0 aromatic heterocycles. The maximum Gasteiger partial charge on any atom is 0.501 e. The third kappa shape index (κ3) is 8.19. The molecular formula is C18H41N2O6Si2+. The van der Waals surface area contributed by atoms with Crippen LogP contribution < -0.4 is 0 Å². The van der Waals surface area contributed by atoms with E-state index in [1.165, 1.54) is 0 Å². The fraction of sp³-hybridized carbons (Fsp3) is 0.944. The van der Waals surface area contributed by atoms with Gasteiger partial charge in [-0.25, -0.2) is 0 Å². The standard InChI is InChI=1S/C18H41N2O6Si2/c1-7-24-28(25-8-2,26-9-3)17-11-13-20-15-14-19(18-20)12-10-16-27(21-4,22-5)23-6/h18H,7-17H2,1-6H3/q+1. The normalized spacial score (nSPS) is 15.4. The van der Waals surface area contributed by atoms with Crippen molar-refractivity contribution in [2.45, 2.75) is 45.7 Å². The van der Waals surface area contributed by atoms with Gasteiger partial charge in [0.25, 0.3) is 0 Å². The van der Waals surface area contributed by atoms with Crippen LogP contribution in [0.2, 0.25) is 12.1 Å². The molecule has 0 fully saturated rings.